The molecule has 48 heavy (non-hydrogen) atoms. The second-order valence-corrected chi connectivity index (χ2v) is 11.9. The van der Waals surface area contributed by atoms with E-state index in [2.05, 4.69) is 58.4 Å². The summed E-state index contributed by atoms with van der Waals surface area (Å²) in [5, 5.41) is 0.0698. The normalized spacial score (nSPS) is 9.69. The molecule has 0 radical (unpaired) electrons. The van der Waals surface area contributed by atoms with Crippen molar-refractivity contribution < 1.29 is 4.79 Å². The minimum absolute atomic E-state index is 0.0698. The van der Waals surface area contributed by atoms with E-state index < -0.39 is 0 Å². The molecule has 0 aliphatic rings. The molecule has 0 aliphatic carbocycles. The van der Waals surface area contributed by atoms with Crippen LogP contribution in [0.5, 0.6) is 0 Å². The summed E-state index contributed by atoms with van der Waals surface area (Å²) in [6, 6.07) is 45.5. The van der Waals surface area contributed by atoms with Crippen LogP contribution >= 0.6 is 11.8 Å². The van der Waals surface area contributed by atoms with E-state index in [0.717, 1.165) is 60.7 Å². The van der Waals surface area contributed by atoms with E-state index in [4.69, 9.17) is 0 Å². The van der Waals surface area contributed by atoms with Crippen molar-refractivity contribution in [3.8, 4) is 58.6 Å². The molecule has 0 saturated heterocycles. The van der Waals surface area contributed by atoms with Gasteiger partial charge in [-0.15, -0.1) is 0 Å². The summed E-state index contributed by atoms with van der Waals surface area (Å²) in [5.41, 5.74) is 9.36. The van der Waals surface area contributed by atoms with Gasteiger partial charge in [-0.1, -0.05) is 77.3 Å². The molecular formula is C45H27NOS. The summed E-state index contributed by atoms with van der Waals surface area (Å²) in [6.45, 7) is 1.56. The molecule has 5 aromatic carbocycles. The zero-order valence-electron chi connectivity index (χ0n) is 26.1. The van der Waals surface area contributed by atoms with Crippen LogP contribution in [0, 0.1) is 47.4 Å². The fourth-order valence-electron chi connectivity index (χ4n) is 4.55. The molecular weight excluding hydrogens is 603 g/mol. The largest absolute Gasteiger partial charge is 0.287 e. The molecule has 224 valence electrons. The minimum atomic E-state index is 0.0698. The molecule has 1 aromatic heterocycles. The second-order valence-electron chi connectivity index (χ2n) is 10.6. The summed E-state index contributed by atoms with van der Waals surface area (Å²) >= 11 is 1.22. The maximum absolute atomic E-state index is 11.2. The second kappa shape index (κ2) is 15.7. The van der Waals surface area contributed by atoms with Crippen LogP contribution in [0.15, 0.2) is 151 Å². The first-order chi connectivity index (χ1) is 23.6. The molecule has 0 fully saturated rings. The lowest BCUT2D eigenvalue weighted by Gasteiger charge is -2.00. The van der Waals surface area contributed by atoms with Gasteiger partial charge in [0.1, 0.15) is 0 Å². The van der Waals surface area contributed by atoms with Crippen LogP contribution in [-0.2, 0) is 4.79 Å². The molecule has 2 nitrogen and oxygen atoms in total. The van der Waals surface area contributed by atoms with E-state index in [1.54, 1.807) is 13.1 Å². The molecule has 6 rings (SSSR count). The average Bonchev–Trinajstić information content (AvgIpc) is 3.13. The Morgan fingerprint density at radius 3 is 1.23 bits per heavy atom. The number of nitrogens with zero attached hydrogens (tertiary/aromatic N) is 1. The lowest BCUT2D eigenvalue weighted by atomic mass is 10.1. The highest BCUT2D eigenvalue weighted by Crippen LogP contribution is 2.19. The number of benzene rings is 5. The van der Waals surface area contributed by atoms with Crippen molar-refractivity contribution in [2.45, 2.75) is 11.8 Å². The lowest BCUT2D eigenvalue weighted by molar-refractivity contribution is -0.109. The van der Waals surface area contributed by atoms with Gasteiger partial charge in [-0.25, -0.2) is 0 Å². The molecule has 3 heteroatoms. The van der Waals surface area contributed by atoms with Crippen molar-refractivity contribution in [3.63, 3.8) is 0 Å². The van der Waals surface area contributed by atoms with Crippen molar-refractivity contribution in [1.29, 1.82) is 0 Å². The van der Waals surface area contributed by atoms with E-state index in [0.29, 0.717) is 0 Å². The number of pyridine rings is 1. The highest BCUT2D eigenvalue weighted by Gasteiger charge is 2.00. The number of carbonyl (C=O) groups is 1. The first-order valence-corrected chi connectivity index (χ1v) is 16.1. The molecule has 1 heterocycles. The lowest BCUT2D eigenvalue weighted by Crippen LogP contribution is -1.83. The third-order valence-corrected chi connectivity index (χ3v) is 7.79. The van der Waals surface area contributed by atoms with Crippen molar-refractivity contribution in [2.75, 3.05) is 0 Å². The average molecular weight is 630 g/mol. The first-order valence-electron chi connectivity index (χ1n) is 15.2. The third-order valence-electron chi connectivity index (χ3n) is 7.00. The molecule has 6 aromatic rings. The Balaban J connectivity index is 1.03. The van der Waals surface area contributed by atoms with Crippen LogP contribution < -0.4 is 0 Å². The van der Waals surface area contributed by atoms with E-state index >= 15 is 0 Å². The Hall–Kier alpha value is -6.49. The Morgan fingerprint density at radius 2 is 0.854 bits per heavy atom. The summed E-state index contributed by atoms with van der Waals surface area (Å²) in [7, 11) is 0. The molecule has 0 atom stereocenters. The van der Waals surface area contributed by atoms with Gasteiger partial charge in [0.15, 0.2) is 5.12 Å². The summed E-state index contributed by atoms with van der Waals surface area (Å²) < 4.78 is 0. The predicted molar refractivity (Wildman–Crippen MR) is 196 cm³/mol. The fraction of sp³-hybridized carbons (Fsp3) is 0.0222. The standard InChI is InChI=1S/C45H27NOS/c1-34(47)48-44-30-28-41(29-31-44)25-24-39-18-16-37(17-19-39)13-12-35-8-10-36(11-9-35)14-15-38-20-22-40(23-21-38)26-27-42-5-4-6-43(33-42)45-7-2-3-32-46-45/h2-11,16-23,28-33H,1H3. The van der Waals surface area contributed by atoms with Crippen LogP contribution in [0.1, 0.15) is 51.4 Å². The van der Waals surface area contributed by atoms with E-state index in [1.807, 2.05) is 133 Å². The zero-order chi connectivity index (χ0) is 33.0. The number of aromatic nitrogens is 1. The number of hydrogen-bond acceptors (Lipinski definition) is 3. The summed E-state index contributed by atoms with van der Waals surface area (Å²) in [5.74, 6) is 25.8. The van der Waals surface area contributed by atoms with Gasteiger partial charge >= 0.3 is 0 Å². The van der Waals surface area contributed by atoms with Gasteiger partial charge in [-0.05, 0) is 121 Å². The molecule has 0 saturated carbocycles. The minimum Gasteiger partial charge on any atom is -0.287 e. The Morgan fingerprint density at radius 1 is 0.458 bits per heavy atom. The molecule has 0 spiro atoms. The van der Waals surface area contributed by atoms with Crippen LogP contribution in [0.2, 0.25) is 0 Å². The zero-order valence-corrected chi connectivity index (χ0v) is 26.9. The molecule has 0 N–H and O–H groups in total. The fourth-order valence-corrected chi connectivity index (χ4v) is 5.15. The summed E-state index contributed by atoms with van der Waals surface area (Å²) in [6.07, 6.45) is 1.80. The predicted octanol–water partition coefficient (Wildman–Crippen LogP) is 8.99. The van der Waals surface area contributed by atoms with Crippen LogP contribution in [0.3, 0.4) is 0 Å². The van der Waals surface area contributed by atoms with E-state index in [9.17, 15) is 4.79 Å². The van der Waals surface area contributed by atoms with E-state index in [1.165, 1.54) is 11.8 Å². The number of thioether (sulfide) groups is 1. The number of rotatable bonds is 2. The maximum Gasteiger partial charge on any atom is 0.190 e. The van der Waals surface area contributed by atoms with Gasteiger partial charge in [-0.2, -0.15) is 0 Å². The summed E-state index contributed by atoms with van der Waals surface area (Å²) in [4.78, 5) is 16.6. The molecule has 0 unspecified atom stereocenters. The number of hydrogen-bond donors (Lipinski definition) is 0. The van der Waals surface area contributed by atoms with Crippen molar-refractivity contribution in [1.82, 2.24) is 4.98 Å². The third kappa shape index (κ3) is 9.27. The Bertz CT molecular complexity index is 2310. The van der Waals surface area contributed by atoms with Crippen LogP contribution in [0.25, 0.3) is 11.3 Å². The van der Waals surface area contributed by atoms with Gasteiger partial charge in [0.25, 0.3) is 0 Å². The van der Waals surface area contributed by atoms with Gasteiger partial charge in [0.05, 0.1) is 5.69 Å². The Kier molecular flexibility index (Phi) is 10.3. The highest BCUT2D eigenvalue weighted by molar-refractivity contribution is 8.13. The molecule has 0 bridgehead atoms. The molecule has 0 amide bonds. The quantitative estimate of drug-likeness (QED) is 0.142. The van der Waals surface area contributed by atoms with Crippen LogP contribution in [-0.4, -0.2) is 10.1 Å². The smallest absolute Gasteiger partial charge is 0.190 e. The highest BCUT2D eigenvalue weighted by atomic mass is 32.2. The van der Waals surface area contributed by atoms with Crippen LogP contribution in [0.4, 0.5) is 0 Å². The van der Waals surface area contributed by atoms with Gasteiger partial charge in [-0.3, -0.25) is 9.78 Å². The van der Waals surface area contributed by atoms with Crippen molar-refractivity contribution in [2.24, 2.45) is 0 Å². The maximum atomic E-state index is 11.2. The SMILES string of the molecule is CC(=O)Sc1ccc(C#Cc2ccc(C#Cc3ccc(C#Cc4ccc(C#Cc5cccc(-c6ccccn6)c5)cc4)cc3)cc2)cc1. The first kappa shape index (κ1) is 31.5. The van der Waals surface area contributed by atoms with Crippen molar-refractivity contribution >= 4 is 16.9 Å². The van der Waals surface area contributed by atoms with E-state index in [-0.39, 0.29) is 5.12 Å². The monoisotopic (exact) mass is 629 g/mol. The van der Waals surface area contributed by atoms with Gasteiger partial charge < -0.3 is 0 Å². The number of carbonyl (C=O) groups excluding carboxylic acids is 1. The Labute approximate surface area is 286 Å². The van der Waals surface area contributed by atoms with Gasteiger partial charge in [0.2, 0.25) is 0 Å². The molecule has 0 aliphatic heterocycles. The van der Waals surface area contributed by atoms with Gasteiger partial charge in [0, 0.05) is 68.1 Å². The topological polar surface area (TPSA) is 30.0 Å². The van der Waals surface area contributed by atoms with Crippen molar-refractivity contribution in [3.05, 3.63) is 190 Å².